The Balaban J connectivity index is 1.54. The second kappa shape index (κ2) is 6.18. The molecule has 0 spiro atoms. The number of aryl methyl sites for hydroxylation is 2. The van der Waals surface area contributed by atoms with Gasteiger partial charge in [-0.15, -0.1) is 11.3 Å². The second-order valence-corrected chi connectivity index (χ2v) is 7.09. The van der Waals surface area contributed by atoms with E-state index in [-0.39, 0.29) is 17.9 Å². The van der Waals surface area contributed by atoms with Gasteiger partial charge >= 0.3 is 5.97 Å². The summed E-state index contributed by atoms with van der Waals surface area (Å²) in [6, 6.07) is 2.18. The molecule has 0 unspecified atom stereocenters. The van der Waals surface area contributed by atoms with Crippen LogP contribution >= 0.6 is 11.3 Å². The van der Waals surface area contributed by atoms with Crippen molar-refractivity contribution in [3.8, 4) is 0 Å². The molecular formula is C16H21NO3S. The van der Waals surface area contributed by atoms with Gasteiger partial charge < -0.3 is 10.1 Å². The normalized spacial score (nSPS) is 19.3. The number of rotatable bonds is 4. The molecule has 0 saturated heterocycles. The van der Waals surface area contributed by atoms with Crippen LogP contribution in [0.2, 0.25) is 0 Å². The van der Waals surface area contributed by atoms with E-state index >= 15 is 0 Å². The third-order valence-electron chi connectivity index (χ3n) is 4.30. The van der Waals surface area contributed by atoms with Crippen LogP contribution in [0.1, 0.15) is 59.1 Å². The summed E-state index contributed by atoms with van der Waals surface area (Å²) < 4.78 is 5.30. The zero-order chi connectivity index (χ0) is 14.8. The standard InChI is InChI=1S/C16H21NO3S/c1-10(15(18)17-12-6-2-3-7-12)20-16(19)14-9-11-5-4-8-13(11)21-14/h9-10,12H,2-8H2,1H3,(H,17,18)/t10-/m1/s1. The summed E-state index contributed by atoms with van der Waals surface area (Å²) in [5.74, 6) is -0.553. The Hall–Kier alpha value is -1.36. The molecule has 0 bridgehead atoms. The van der Waals surface area contributed by atoms with Crippen molar-refractivity contribution in [2.24, 2.45) is 0 Å². The van der Waals surface area contributed by atoms with E-state index < -0.39 is 6.10 Å². The number of nitrogens with one attached hydrogen (secondary N) is 1. The van der Waals surface area contributed by atoms with Gasteiger partial charge in [-0.2, -0.15) is 0 Å². The Morgan fingerprint density at radius 2 is 2.05 bits per heavy atom. The van der Waals surface area contributed by atoms with Crippen molar-refractivity contribution in [2.75, 3.05) is 0 Å². The third-order valence-corrected chi connectivity index (χ3v) is 5.52. The molecule has 3 rings (SSSR count). The first-order chi connectivity index (χ1) is 10.1. The minimum absolute atomic E-state index is 0.181. The zero-order valence-corrected chi connectivity index (χ0v) is 13.1. The maximum Gasteiger partial charge on any atom is 0.349 e. The first-order valence-corrected chi connectivity index (χ1v) is 8.58. The fourth-order valence-electron chi connectivity index (χ4n) is 3.09. The van der Waals surface area contributed by atoms with Gasteiger partial charge in [0.05, 0.1) is 0 Å². The molecule has 1 aromatic heterocycles. The first kappa shape index (κ1) is 14.6. The molecule has 0 radical (unpaired) electrons. The molecule has 114 valence electrons. The fraction of sp³-hybridized carbons (Fsp3) is 0.625. The van der Waals surface area contributed by atoms with Gasteiger partial charge in [-0.3, -0.25) is 4.79 Å². The van der Waals surface area contributed by atoms with Crippen LogP contribution in [-0.2, 0) is 22.4 Å². The molecule has 2 aliphatic rings. The summed E-state index contributed by atoms with van der Waals surface area (Å²) in [6.07, 6.45) is 6.96. The van der Waals surface area contributed by atoms with Crippen molar-refractivity contribution < 1.29 is 14.3 Å². The molecule has 4 nitrogen and oxygen atoms in total. The molecule has 1 aromatic rings. The predicted octanol–water partition coefficient (Wildman–Crippen LogP) is 2.84. The van der Waals surface area contributed by atoms with Gasteiger partial charge in [-0.25, -0.2) is 4.79 Å². The minimum Gasteiger partial charge on any atom is -0.448 e. The molecule has 1 heterocycles. The number of ether oxygens (including phenoxy) is 1. The topological polar surface area (TPSA) is 55.4 Å². The summed E-state index contributed by atoms with van der Waals surface area (Å²) in [5, 5.41) is 2.96. The summed E-state index contributed by atoms with van der Waals surface area (Å²) in [4.78, 5) is 26.1. The quantitative estimate of drug-likeness (QED) is 0.870. The number of thiophene rings is 1. The van der Waals surface area contributed by atoms with Gasteiger partial charge in [0.25, 0.3) is 5.91 Å². The minimum atomic E-state index is -0.727. The van der Waals surface area contributed by atoms with Crippen molar-refractivity contribution >= 4 is 23.2 Å². The number of hydrogen-bond donors (Lipinski definition) is 1. The molecule has 1 fully saturated rings. The average Bonchev–Trinajstić information content (AvgIpc) is 3.14. The lowest BCUT2D eigenvalue weighted by atomic mass is 10.2. The van der Waals surface area contributed by atoms with E-state index in [1.54, 1.807) is 6.92 Å². The number of esters is 1. The van der Waals surface area contributed by atoms with E-state index in [1.165, 1.54) is 41.0 Å². The SMILES string of the molecule is C[C@@H](OC(=O)c1cc2c(s1)CCC2)C(=O)NC1CCCC1. The number of hydrogen-bond acceptors (Lipinski definition) is 4. The number of amides is 1. The van der Waals surface area contributed by atoms with Crippen LogP contribution in [0.4, 0.5) is 0 Å². The summed E-state index contributed by atoms with van der Waals surface area (Å²) in [5.41, 5.74) is 1.27. The molecule has 1 amide bonds. The molecule has 0 aliphatic heterocycles. The third kappa shape index (κ3) is 3.28. The second-order valence-electron chi connectivity index (χ2n) is 5.95. The molecule has 1 atom stereocenters. The average molecular weight is 307 g/mol. The number of carbonyl (C=O) groups excluding carboxylic acids is 2. The van der Waals surface area contributed by atoms with Gasteiger partial charge in [-0.05, 0) is 50.7 Å². The van der Waals surface area contributed by atoms with Gasteiger partial charge in [0, 0.05) is 10.9 Å². The number of carbonyl (C=O) groups is 2. The van der Waals surface area contributed by atoms with Crippen molar-refractivity contribution in [3.05, 3.63) is 21.4 Å². The highest BCUT2D eigenvalue weighted by Gasteiger charge is 2.25. The largest absolute Gasteiger partial charge is 0.448 e. The van der Waals surface area contributed by atoms with Crippen LogP contribution < -0.4 is 5.32 Å². The molecule has 21 heavy (non-hydrogen) atoms. The van der Waals surface area contributed by atoms with Crippen molar-refractivity contribution in [2.45, 2.75) is 64.0 Å². The Morgan fingerprint density at radius 3 is 2.76 bits per heavy atom. The molecule has 1 saturated carbocycles. The van der Waals surface area contributed by atoms with Gasteiger partial charge in [0.2, 0.25) is 0 Å². The van der Waals surface area contributed by atoms with Crippen molar-refractivity contribution in [3.63, 3.8) is 0 Å². The zero-order valence-electron chi connectivity index (χ0n) is 12.3. The Labute approximate surface area is 128 Å². The fourth-order valence-corrected chi connectivity index (χ4v) is 4.23. The van der Waals surface area contributed by atoms with E-state index in [9.17, 15) is 9.59 Å². The van der Waals surface area contributed by atoms with E-state index in [2.05, 4.69) is 5.32 Å². The monoisotopic (exact) mass is 307 g/mol. The van der Waals surface area contributed by atoms with Crippen LogP contribution in [0.3, 0.4) is 0 Å². The van der Waals surface area contributed by atoms with Crippen LogP contribution in [0.25, 0.3) is 0 Å². The smallest absolute Gasteiger partial charge is 0.349 e. The Kier molecular flexibility index (Phi) is 4.29. The maximum absolute atomic E-state index is 12.1. The predicted molar refractivity (Wildman–Crippen MR) is 81.6 cm³/mol. The van der Waals surface area contributed by atoms with Crippen LogP contribution in [0.15, 0.2) is 6.07 Å². The molecule has 5 heteroatoms. The highest BCUT2D eigenvalue weighted by Crippen LogP contribution is 2.31. The first-order valence-electron chi connectivity index (χ1n) is 7.76. The van der Waals surface area contributed by atoms with Gasteiger partial charge in [0.15, 0.2) is 6.10 Å². The van der Waals surface area contributed by atoms with E-state index in [1.807, 2.05) is 6.07 Å². The molecular weight excluding hydrogens is 286 g/mol. The molecule has 1 N–H and O–H groups in total. The Morgan fingerprint density at radius 1 is 1.29 bits per heavy atom. The van der Waals surface area contributed by atoms with E-state index in [0.29, 0.717) is 4.88 Å². The van der Waals surface area contributed by atoms with Gasteiger partial charge in [-0.1, -0.05) is 12.8 Å². The van der Waals surface area contributed by atoms with Crippen molar-refractivity contribution in [1.82, 2.24) is 5.32 Å². The summed E-state index contributed by atoms with van der Waals surface area (Å²) in [7, 11) is 0. The van der Waals surface area contributed by atoms with Gasteiger partial charge in [0.1, 0.15) is 4.88 Å². The highest BCUT2D eigenvalue weighted by molar-refractivity contribution is 7.14. The lowest BCUT2D eigenvalue weighted by Crippen LogP contribution is -2.40. The lowest BCUT2D eigenvalue weighted by molar-refractivity contribution is -0.129. The highest BCUT2D eigenvalue weighted by atomic mass is 32.1. The summed E-state index contributed by atoms with van der Waals surface area (Å²) in [6.45, 7) is 1.64. The molecule has 2 aliphatic carbocycles. The van der Waals surface area contributed by atoms with E-state index in [0.717, 1.165) is 25.7 Å². The maximum atomic E-state index is 12.1. The van der Waals surface area contributed by atoms with Crippen LogP contribution in [0, 0.1) is 0 Å². The Bertz CT molecular complexity index is 524. The number of fused-ring (bicyclic) bond motifs is 1. The molecule has 0 aromatic carbocycles. The summed E-state index contributed by atoms with van der Waals surface area (Å²) >= 11 is 1.51. The van der Waals surface area contributed by atoms with E-state index in [4.69, 9.17) is 4.74 Å². The lowest BCUT2D eigenvalue weighted by Gasteiger charge is -2.16. The van der Waals surface area contributed by atoms with Crippen molar-refractivity contribution in [1.29, 1.82) is 0 Å². The van der Waals surface area contributed by atoms with Crippen LogP contribution in [-0.4, -0.2) is 24.0 Å². The van der Waals surface area contributed by atoms with Crippen LogP contribution in [0.5, 0.6) is 0 Å².